The van der Waals surface area contributed by atoms with Crippen LogP contribution in [0, 0.1) is 0 Å². The summed E-state index contributed by atoms with van der Waals surface area (Å²) in [6, 6.07) is -0.428. The average molecular weight is 273 g/mol. The fourth-order valence-corrected chi connectivity index (χ4v) is 1.76. The third kappa shape index (κ3) is 5.11. The molecule has 0 saturated carbocycles. The van der Waals surface area contributed by atoms with E-state index in [9.17, 15) is 9.59 Å². The first kappa shape index (κ1) is 14.4. The number of carboxylic acids is 1. The number of nitrogens with one attached hydrogen (secondary N) is 1. The molecule has 1 aromatic heterocycles. The lowest BCUT2D eigenvalue weighted by Crippen LogP contribution is -2.43. The van der Waals surface area contributed by atoms with E-state index in [0.717, 1.165) is 4.88 Å². The van der Waals surface area contributed by atoms with E-state index in [0.29, 0.717) is 13.2 Å². The molecule has 0 radical (unpaired) electrons. The van der Waals surface area contributed by atoms with Crippen molar-refractivity contribution in [3.63, 3.8) is 0 Å². The number of carbonyl (C=O) groups is 2. The zero-order valence-electron chi connectivity index (χ0n) is 9.96. The largest absolute Gasteiger partial charge is 0.480 e. The molecule has 1 rings (SSSR count). The summed E-state index contributed by atoms with van der Waals surface area (Å²) in [6.07, 6.45) is 1.65. The third-order valence-electron chi connectivity index (χ3n) is 2.08. The van der Waals surface area contributed by atoms with Crippen LogP contribution < -0.4 is 5.32 Å². The van der Waals surface area contributed by atoms with Crippen LogP contribution in [-0.2, 0) is 16.1 Å². The Morgan fingerprint density at radius 1 is 1.61 bits per heavy atom. The SMILES string of the molecule is COCCN(CC(=O)O)C(=O)NCc1cncs1. The van der Waals surface area contributed by atoms with Crippen LogP contribution in [0.5, 0.6) is 0 Å². The number of urea groups is 1. The molecular weight excluding hydrogens is 258 g/mol. The molecule has 0 aliphatic rings. The molecule has 0 aliphatic carbocycles. The van der Waals surface area contributed by atoms with Crippen molar-refractivity contribution in [2.45, 2.75) is 6.54 Å². The summed E-state index contributed by atoms with van der Waals surface area (Å²) in [5, 5.41) is 11.4. The van der Waals surface area contributed by atoms with Gasteiger partial charge in [0.2, 0.25) is 0 Å². The zero-order chi connectivity index (χ0) is 13.4. The highest BCUT2D eigenvalue weighted by atomic mass is 32.1. The van der Waals surface area contributed by atoms with Crippen molar-refractivity contribution < 1.29 is 19.4 Å². The second-order valence-electron chi connectivity index (χ2n) is 3.43. The van der Waals surface area contributed by atoms with Gasteiger partial charge in [0, 0.05) is 24.7 Å². The second-order valence-corrected chi connectivity index (χ2v) is 4.41. The number of ether oxygens (including phenoxy) is 1. The van der Waals surface area contributed by atoms with Crippen LogP contribution in [0.2, 0.25) is 0 Å². The van der Waals surface area contributed by atoms with E-state index in [-0.39, 0.29) is 13.1 Å². The highest BCUT2D eigenvalue weighted by molar-refractivity contribution is 7.09. The number of nitrogens with zero attached hydrogens (tertiary/aromatic N) is 2. The van der Waals surface area contributed by atoms with Gasteiger partial charge in [-0.05, 0) is 0 Å². The van der Waals surface area contributed by atoms with Crippen LogP contribution in [0.15, 0.2) is 11.7 Å². The minimum atomic E-state index is -1.06. The smallest absolute Gasteiger partial charge is 0.323 e. The lowest BCUT2D eigenvalue weighted by molar-refractivity contribution is -0.137. The van der Waals surface area contributed by atoms with Crippen molar-refractivity contribution in [1.82, 2.24) is 15.2 Å². The van der Waals surface area contributed by atoms with Crippen LogP contribution in [0.3, 0.4) is 0 Å². The van der Waals surface area contributed by atoms with Crippen molar-refractivity contribution in [3.8, 4) is 0 Å². The summed E-state index contributed by atoms with van der Waals surface area (Å²) in [7, 11) is 1.49. The normalized spacial score (nSPS) is 10.1. The van der Waals surface area contributed by atoms with Gasteiger partial charge < -0.3 is 20.1 Å². The summed E-state index contributed by atoms with van der Waals surface area (Å²) < 4.78 is 4.83. The fourth-order valence-electron chi connectivity index (χ4n) is 1.22. The fraction of sp³-hybridized carbons (Fsp3) is 0.500. The molecule has 0 aromatic carbocycles. The van der Waals surface area contributed by atoms with Gasteiger partial charge in [-0.2, -0.15) is 0 Å². The number of amides is 2. The van der Waals surface area contributed by atoms with Gasteiger partial charge in [-0.1, -0.05) is 0 Å². The Bertz CT molecular complexity index is 382. The maximum absolute atomic E-state index is 11.8. The van der Waals surface area contributed by atoms with Gasteiger partial charge >= 0.3 is 12.0 Å². The number of aromatic nitrogens is 1. The Morgan fingerprint density at radius 3 is 2.94 bits per heavy atom. The predicted molar refractivity (Wildman–Crippen MR) is 65.4 cm³/mol. The molecule has 2 N–H and O–H groups in total. The van der Waals surface area contributed by atoms with E-state index in [1.54, 1.807) is 11.7 Å². The van der Waals surface area contributed by atoms with Crippen molar-refractivity contribution in [2.24, 2.45) is 0 Å². The summed E-state index contributed by atoms with van der Waals surface area (Å²) in [6.45, 7) is 0.517. The molecule has 0 atom stereocenters. The van der Waals surface area contributed by atoms with E-state index < -0.39 is 12.0 Å². The standard InChI is InChI=1S/C10H15N3O4S/c1-17-3-2-13(6-9(14)15)10(16)12-5-8-4-11-7-18-8/h4,7H,2-3,5-6H2,1H3,(H,12,16)(H,14,15). The first-order valence-electron chi connectivity index (χ1n) is 5.24. The van der Waals surface area contributed by atoms with Crippen molar-refractivity contribution >= 4 is 23.3 Å². The molecule has 2 amide bonds. The van der Waals surface area contributed by atoms with Gasteiger partial charge in [0.05, 0.1) is 18.7 Å². The molecule has 1 aromatic rings. The molecule has 18 heavy (non-hydrogen) atoms. The van der Waals surface area contributed by atoms with Gasteiger partial charge in [0.15, 0.2) is 0 Å². The van der Waals surface area contributed by atoms with Crippen molar-refractivity contribution in [2.75, 3.05) is 26.8 Å². The Hall–Kier alpha value is -1.67. The molecule has 1 heterocycles. The first-order valence-corrected chi connectivity index (χ1v) is 6.12. The van der Waals surface area contributed by atoms with E-state index in [4.69, 9.17) is 9.84 Å². The zero-order valence-corrected chi connectivity index (χ0v) is 10.8. The van der Waals surface area contributed by atoms with Gasteiger partial charge in [-0.15, -0.1) is 11.3 Å². The molecule has 0 fully saturated rings. The van der Waals surface area contributed by atoms with E-state index in [1.165, 1.54) is 23.3 Å². The number of carbonyl (C=O) groups excluding carboxylic acids is 1. The van der Waals surface area contributed by atoms with Crippen LogP contribution in [0.25, 0.3) is 0 Å². The predicted octanol–water partition coefficient (Wildman–Crippen LogP) is 0.386. The quantitative estimate of drug-likeness (QED) is 0.749. The molecule has 100 valence electrons. The van der Waals surface area contributed by atoms with Crippen LogP contribution in [0.4, 0.5) is 4.79 Å². The Balaban J connectivity index is 2.44. The number of methoxy groups -OCH3 is 1. The number of hydrogen-bond acceptors (Lipinski definition) is 5. The summed E-state index contributed by atoms with van der Waals surface area (Å²) >= 11 is 1.42. The highest BCUT2D eigenvalue weighted by Gasteiger charge is 2.16. The molecular formula is C10H15N3O4S. The monoisotopic (exact) mass is 273 g/mol. The molecule has 0 bridgehead atoms. The number of aliphatic carboxylic acids is 1. The number of hydrogen-bond donors (Lipinski definition) is 2. The molecule has 0 saturated heterocycles. The molecule has 8 heteroatoms. The summed E-state index contributed by atoms with van der Waals surface area (Å²) in [4.78, 5) is 28.4. The van der Waals surface area contributed by atoms with Crippen LogP contribution >= 0.6 is 11.3 Å². The number of rotatable bonds is 7. The lowest BCUT2D eigenvalue weighted by atomic mass is 10.5. The topological polar surface area (TPSA) is 91.8 Å². The van der Waals surface area contributed by atoms with Crippen LogP contribution in [0.1, 0.15) is 4.88 Å². The van der Waals surface area contributed by atoms with Crippen LogP contribution in [-0.4, -0.2) is 53.8 Å². The van der Waals surface area contributed by atoms with E-state index >= 15 is 0 Å². The van der Waals surface area contributed by atoms with Crippen molar-refractivity contribution in [1.29, 1.82) is 0 Å². The van der Waals surface area contributed by atoms with Gasteiger partial charge in [0.25, 0.3) is 0 Å². The number of thiazole rings is 1. The molecule has 7 nitrogen and oxygen atoms in total. The lowest BCUT2D eigenvalue weighted by Gasteiger charge is -2.20. The van der Waals surface area contributed by atoms with E-state index in [1.807, 2.05) is 0 Å². The second kappa shape index (κ2) is 7.62. The Kier molecular flexibility index (Phi) is 6.09. The number of carboxylic acid groups (broad SMARTS) is 1. The summed E-state index contributed by atoms with van der Waals surface area (Å²) in [5.41, 5.74) is 1.67. The summed E-state index contributed by atoms with van der Waals surface area (Å²) in [5.74, 6) is -1.06. The Morgan fingerprint density at radius 2 is 2.39 bits per heavy atom. The first-order chi connectivity index (χ1) is 8.63. The minimum absolute atomic E-state index is 0.233. The maximum Gasteiger partial charge on any atom is 0.323 e. The molecule has 0 unspecified atom stereocenters. The third-order valence-corrected chi connectivity index (χ3v) is 2.86. The molecule has 0 aliphatic heterocycles. The van der Waals surface area contributed by atoms with Gasteiger partial charge in [-0.25, -0.2) is 4.79 Å². The van der Waals surface area contributed by atoms with E-state index in [2.05, 4.69) is 10.3 Å². The van der Waals surface area contributed by atoms with Gasteiger partial charge in [-0.3, -0.25) is 9.78 Å². The highest BCUT2D eigenvalue weighted by Crippen LogP contribution is 2.04. The Labute approximate surface area is 108 Å². The van der Waals surface area contributed by atoms with Crippen molar-refractivity contribution in [3.05, 3.63) is 16.6 Å². The molecule has 0 spiro atoms. The average Bonchev–Trinajstić information content (AvgIpc) is 2.84. The maximum atomic E-state index is 11.8. The van der Waals surface area contributed by atoms with Gasteiger partial charge in [0.1, 0.15) is 6.54 Å². The minimum Gasteiger partial charge on any atom is -0.480 e.